The smallest absolute Gasteiger partial charge is 0.238 e. The largest absolute Gasteiger partial charge is 0.391 e. The molecule has 2 aromatic carbocycles. The molecule has 0 aromatic heterocycles. The van der Waals surface area contributed by atoms with Crippen LogP contribution in [0.5, 0.6) is 0 Å². The Morgan fingerprint density at radius 3 is 2.31 bits per heavy atom. The zero-order chi connectivity index (χ0) is 20.2. The molecule has 1 amide bonds. The molecule has 1 saturated heterocycles. The molecular formula is C24H31N3O2. The second kappa shape index (κ2) is 9.08. The predicted octanol–water partition coefficient (Wildman–Crippen LogP) is 1.49. The van der Waals surface area contributed by atoms with Crippen LogP contribution in [0.1, 0.15) is 16.7 Å². The zero-order valence-electron chi connectivity index (χ0n) is 17.1. The Kier molecular flexibility index (Phi) is 6.28. The van der Waals surface area contributed by atoms with E-state index in [1.807, 2.05) is 30.3 Å². The number of piperazine rings is 1. The number of amides is 1. The molecule has 1 fully saturated rings. The minimum Gasteiger partial charge on any atom is -0.391 e. The van der Waals surface area contributed by atoms with Gasteiger partial charge in [-0.3, -0.25) is 9.69 Å². The van der Waals surface area contributed by atoms with Gasteiger partial charge >= 0.3 is 0 Å². The highest BCUT2D eigenvalue weighted by Gasteiger charge is 2.33. The fourth-order valence-corrected chi connectivity index (χ4v) is 4.48. The van der Waals surface area contributed by atoms with Gasteiger partial charge in [-0.2, -0.15) is 0 Å². The number of carbonyl (C=O) groups is 1. The molecule has 3 atom stereocenters. The van der Waals surface area contributed by atoms with Crippen molar-refractivity contribution in [2.45, 2.75) is 37.5 Å². The topological polar surface area (TPSA) is 55.8 Å². The van der Waals surface area contributed by atoms with Gasteiger partial charge in [-0.1, -0.05) is 54.6 Å². The van der Waals surface area contributed by atoms with Crippen LogP contribution in [0.4, 0.5) is 0 Å². The van der Waals surface area contributed by atoms with Crippen molar-refractivity contribution in [2.75, 3.05) is 33.2 Å². The van der Waals surface area contributed by atoms with Crippen LogP contribution >= 0.6 is 0 Å². The van der Waals surface area contributed by atoms with Crippen molar-refractivity contribution in [2.24, 2.45) is 0 Å². The summed E-state index contributed by atoms with van der Waals surface area (Å²) in [6.07, 6.45) is 1.43. The highest BCUT2D eigenvalue weighted by molar-refractivity contribution is 5.82. The molecule has 1 heterocycles. The van der Waals surface area contributed by atoms with Crippen molar-refractivity contribution in [1.29, 1.82) is 0 Å². The SMILES string of the molecule is CN1CCN([C@@H](Cc2ccccc2)C(=O)N[C@@H]2Cc3ccccc3C[C@H]2O)CC1. The number of aliphatic hydroxyl groups is 1. The van der Waals surface area contributed by atoms with Crippen LogP contribution in [-0.4, -0.2) is 72.2 Å². The molecular weight excluding hydrogens is 362 g/mol. The number of fused-ring (bicyclic) bond motifs is 1. The summed E-state index contributed by atoms with van der Waals surface area (Å²) < 4.78 is 0. The molecule has 1 aliphatic heterocycles. The quantitative estimate of drug-likeness (QED) is 0.808. The van der Waals surface area contributed by atoms with Crippen LogP contribution in [-0.2, 0) is 24.1 Å². The van der Waals surface area contributed by atoms with Crippen molar-refractivity contribution in [3.05, 3.63) is 71.3 Å². The summed E-state index contributed by atoms with van der Waals surface area (Å²) in [7, 11) is 2.12. The Balaban J connectivity index is 1.48. The number of hydrogen-bond donors (Lipinski definition) is 2. The van der Waals surface area contributed by atoms with E-state index in [0.29, 0.717) is 19.3 Å². The summed E-state index contributed by atoms with van der Waals surface area (Å²) in [6.45, 7) is 3.71. The van der Waals surface area contributed by atoms with E-state index >= 15 is 0 Å². The van der Waals surface area contributed by atoms with Gasteiger partial charge in [0, 0.05) is 32.6 Å². The lowest BCUT2D eigenvalue weighted by atomic mass is 9.86. The summed E-state index contributed by atoms with van der Waals surface area (Å²) >= 11 is 0. The van der Waals surface area contributed by atoms with E-state index in [1.165, 1.54) is 16.7 Å². The average Bonchev–Trinajstić information content (AvgIpc) is 2.74. The fraction of sp³-hybridized carbons (Fsp3) is 0.458. The van der Waals surface area contributed by atoms with Crippen molar-refractivity contribution < 1.29 is 9.90 Å². The van der Waals surface area contributed by atoms with Gasteiger partial charge < -0.3 is 15.3 Å². The summed E-state index contributed by atoms with van der Waals surface area (Å²) in [6, 6.07) is 18.0. The maximum Gasteiger partial charge on any atom is 0.238 e. The zero-order valence-corrected chi connectivity index (χ0v) is 17.1. The monoisotopic (exact) mass is 393 g/mol. The van der Waals surface area contributed by atoms with E-state index in [4.69, 9.17) is 0 Å². The number of rotatable bonds is 5. The second-order valence-electron chi connectivity index (χ2n) is 8.40. The highest BCUT2D eigenvalue weighted by atomic mass is 16.3. The first-order chi connectivity index (χ1) is 14.1. The van der Waals surface area contributed by atoms with Crippen LogP contribution in [0.15, 0.2) is 54.6 Å². The molecule has 0 saturated carbocycles. The molecule has 4 rings (SSSR count). The first-order valence-electron chi connectivity index (χ1n) is 10.6. The standard InChI is InChI=1S/C24H31N3O2/c1-26-11-13-27(14-12-26)22(15-18-7-3-2-4-8-18)24(29)25-21-16-19-9-5-6-10-20(19)17-23(21)28/h2-10,21-23,28H,11-17H2,1H3,(H,25,29)/t21-,22+,23-/m1/s1. The lowest BCUT2D eigenvalue weighted by Crippen LogP contribution is -2.58. The van der Waals surface area contributed by atoms with Crippen molar-refractivity contribution in [3.8, 4) is 0 Å². The van der Waals surface area contributed by atoms with Gasteiger partial charge in [0.15, 0.2) is 0 Å². The minimum absolute atomic E-state index is 0.0295. The minimum atomic E-state index is -0.543. The molecule has 2 N–H and O–H groups in total. The van der Waals surface area contributed by atoms with Crippen molar-refractivity contribution in [3.63, 3.8) is 0 Å². The van der Waals surface area contributed by atoms with Crippen LogP contribution in [0, 0.1) is 0 Å². The molecule has 0 bridgehead atoms. The second-order valence-corrected chi connectivity index (χ2v) is 8.40. The Hall–Kier alpha value is -2.21. The molecule has 5 nitrogen and oxygen atoms in total. The molecule has 29 heavy (non-hydrogen) atoms. The van der Waals surface area contributed by atoms with E-state index in [0.717, 1.165) is 26.2 Å². The van der Waals surface area contributed by atoms with Crippen molar-refractivity contribution >= 4 is 5.91 Å². The van der Waals surface area contributed by atoms with Gasteiger partial charge in [-0.25, -0.2) is 0 Å². The number of hydrogen-bond acceptors (Lipinski definition) is 4. The van der Waals surface area contributed by atoms with E-state index < -0.39 is 6.10 Å². The third kappa shape index (κ3) is 4.86. The summed E-state index contributed by atoms with van der Waals surface area (Å²) in [5, 5.41) is 13.8. The van der Waals surface area contributed by atoms with E-state index in [1.54, 1.807) is 0 Å². The first kappa shape index (κ1) is 20.1. The van der Waals surface area contributed by atoms with E-state index in [2.05, 4.69) is 46.4 Å². The Bertz CT molecular complexity index is 818. The molecule has 0 radical (unpaired) electrons. The first-order valence-corrected chi connectivity index (χ1v) is 10.6. The van der Waals surface area contributed by atoms with Crippen molar-refractivity contribution in [1.82, 2.24) is 15.1 Å². The predicted molar refractivity (Wildman–Crippen MR) is 115 cm³/mol. The van der Waals surface area contributed by atoms with Gasteiger partial charge in [0.25, 0.3) is 0 Å². The molecule has 2 aliphatic rings. The van der Waals surface area contributed by atoms with E-state index in [-0.39, 0.29) is 18.0 Å². The lowest BCUT2D eigenvalue weighted by Gasteiger charge is -2.38. The molecule has 2 aromatic rings. The van der Waals surface area contributed by atoms with Crippen LogP contribution < -0.4 is 5.32 Å². The summed E-state index contributed by atoms with van der Waals surface area (Å²) in [4.78, 5) is 18.0. The Morgan fingerprint density at radius 2 is 1.62 bits per heavy atom. The molecule has 0 spiro atoms. The molecule has 0 unspecified atom stereocenters. The summed E-state index contributed by atoms with van der Waals surface area (Å²) in [5.74, 6) is 0.0295. The maximum atomic E-state index is 13.4. The fourth-order valence-electron chi connectivity index (χ4n) is 4.48. The number of benzene rings is 2. The van der Waals surface area contributed by atoms with Crippen LogP contribution in [0.25, 0.3) is 0 Å². The maximum absolute atomic E-state index is 13.4. The number of likely N-dealkylation sites (N-methyl/N-ethyl adjacent to an activating group) is 1. The van der Waals surface area contributed by atoms with Gasteiger partial charge in [0.05, 0.1) is 18.2 Å². The normalized spacial score (nSPS) is 23.9. The Labute approximate surface area is 173 Å². The van der Waals surface area contributed by atoms with E-state index in [9.17, 15) is 9.90 Å². The lowest BCUT2D eigenvalue weighted by molar-refractivity contribution is -0.128. The van der Waals surface area contributed by atoms with Gasteiger partial charge in [0.2, 0.25) is 5.91 Å². The van der Waals surface area contributed by atoms with Crippen LogP contribution in [0.2, 0.25) is 0 Å². The number of nitrogens with one attached hydrogen (secondary N) is 1. The highest BCUT2D eigenvalue weighted by Crippen LogP contribution is 2.22. The third-order valence-corrected chi connectivity index (χ3v) is 6.33. The van der Waals surface area contributed by atoms with Gasteiger partial charge in [0.1, 0.15) is 0 Å². The van der Waals surface area contributed by atoms with Crippen LogP contribution in [0.3, 0.4) is 0 Å². The average molecular weight is 394 g/mol. The van der Waals surface area contributed by atoms with Gasteiger partial charge in [-0.05, 0) is 36.6 Å². The number of nitrogens with zero attached hydrogens (tertiary/aromatic N) is 2. The third-order valence-electron chi connectivity index (χ3n) is 6.33. The Morgan fingerprint density at radius 1 is 1.00 bits per heavy atom. The molecule has 154 valence electrons. The van der Waals surface area contributed by atoms with Gasteiger partial charge in [-0.15, -0.1) is 0 Å². The number of aliphatic hydroxyl groups excluding tert-OH is 1. The molecule has 1 aliphatic carbocycles. The number of carbonyl (C=O) groups excluding carboxylic acids is 1. The molecule has 5 heteroatoms. The summed E-state index contributed by atoms with van der Waals surface area (Å²) in [5.41, 5.74) is 3.58.